The molecule has 134 valence electrons. The van der Waals surface area contributed by atoms with Gasteiger partial charge in [-0.2, -0.15) is 15.4 Å². The van der Waals surface area contributed by atoms with Crippen molar-refractivity contribution in [2.24, 2.45) is 17.6 Å². The Balaban J connectivity index is 2.84. The van der Waals surface area contributed by atoms with Gasteiger partial charge in [0.2, 0.25) is 0 Å². The maximum Gasteiger partial charge on any atom is 0.102 e. The van der Waals surface area contributed by atoms with Crippen molar-refractivity contribution in [2.75, 3.05) is 0 Å². The van der Waals surface area contributed by atoms with Gasteiger partial charge in [-0.1, -0.05) is 79.1 Å². The van der Waals surface area contributed by atoms with Crippen molar-refractivity contribution in [3.63, 3.8) is 0 Å². The van der Waals surface area contributed by atoms with E-state index in [1.54, 1.807) is 0 Å². The number of rotatable bonds is 13. The highest BCUT2D eigenvalue weighted by Gasteiger charge is 2.34. The van der Waals surface area contributed by atoms with Crippen LogP contribution in [0.3, 0.4) is 0 Å². The van der Waals surface area contributed by atoms with Crippen LogP contribution in [0.1, 0.15) is 97.6 Å². The summed E-state index contributed by atoms with van der Waals surface area (Å²) in [7, 11) is 0. The van der Waals surface area contributed by atoms with Crippen molar-refractivity contribution in [1.29, 1.82) is 0 Å². The number of hydrogen-bond donors (Lipinski definition) is 2. The first-order valence-electron chi connectivity index (χ1n) is 9.74. The lowest BCUT2D eigenvalue weighted by Gasteiger charge is -2.34. The van der Waals surface area contributed by atoms with Gasteiger partial charge in [-0.25, -0.2) is 0 Å². The number of nitrogens with one attached hydrogen (secondary N) is 1. The Morgan fingerprint density at radius 3 is 1.87 bits per heavy atom. The molecule has 0 amide bonds. The van der Waals surface area contributed by atoms with Crippen molar-refractivity contribution in [2.45, 2.75) is 97.4 Å². The van der Waals surface area contributed by atoms with E-state index in [0.29, 0.717) is 11.8 Å². The normalized spacial score (nSPS) is 16.9. The molecular formula is C19H38N4. The molecule has 0 radical (unpaired) electrons. The first kappa shape index (κ1) is 20.1. The summed E-state index contributed by atoms with van der Waals surface area (Å²) >= 11 is 0. The second-order valence-electron chi connectivity index (χ2n) is 7.25. The molecule has 0 aliphatic rings. The van der Waals surface area contributed by atoms with E-state index in [9.17, 15) is 0 Å². The molecule has 1 rings (SSSR count). The van der Waals surface area contributed by atoms with Crippen LogP contribution >= 0.6 is 0 Å². The predicted molar refractivity (Wildman–Crippen MR) is 98.1 cm³/mol. The third kappa shape index (κ3) is 6.62. The number of aromatic nitrogens is 3. The third-order valence-electron chi connectivity index (χ3n) is 5.32. The topological polar surface area (TPSA) is 67.6 Å². The molecule has 0 bridgehead atoms. The molecule has 3 N–H and O–H groups in total. The van der Waals surface area contributed by atoms with Crippen LogP contribution in [0.4, 0.5) is 0 Å². The lowest BCUT2D eigenvalue weighted by Crippen LogP contribution is -2.41. The first-order valence-corrected chi connectivity index (χ1v) is 9.74. The minimum absolute atomic E-state index is 0.337. The van der Waals surface area contributed by atoms with E-state index in [1.807, 2.05) is 6.20 Å². The molecule has 0 aliphatic carbocycles. The van der Waals surface area contributed by atoms with Crippen LogP contribution < -0.4 is 5.73 Å². The molecule has 1 aromatic heterocycles. The number of nitrogens with zero attached hydrogens (tertiary/aromatic N) is 2. The SMILES string of the molecule is CCCCC(CC)CC(N)(CC(CC)CCCC)c1cn[nH]n1. The molecule has 0 aromatic carbocycles. The van der Waals surface area contributed by atoms with E-state index in [-0.39, 0.29) is 5.54 Å². The van der Waals surface area contributed by atoms with Crippen LogP contribution in [0.15, 0.2) is 6.20 Å². The van der Waals surface area contributed by atoms with Crippen molar-refractivity contribution in [1.82, 2.24) is 15.4 Å². The second kappa shape index (κ2) is 10.8. The fraction of sp³-hybridized carbons (Fsp3) is 0.895. The van der Waals surface area contributed by atoms with E-state index >= 15 is 0 Å². The standard InChI is InChI=1S/C19H38N4/c1-5-9-11-16(7-3)13-19(20,18-15-21-23-22-18)14-17(8-4)12-10-6-2/h15-17H,5-14,20H2,1-4H3,(H,21,22,23). The Bertz CT molecular complexity index is 370. The Kier molecular flexibility index (Phi) is 9.46. The van der Waals surface area contributed by atoms with Gasteiger partial charge in [0.05, 0.1) is 11.7 Å². The zero-order valence-corrected chi connectivity index (χ0v) is 15.8. The highest BCUT2D eigenvalue weighted by Crippen LogP contribution is 2.36. The van der Waals surface area contributed by atoms with E-state index in [1.165, 1.54) is 51.4 Å². The second-order valence-corrected chi connectivity index (χ2v) is 7.25. The summed E-state index contributed by atoms with van der Waals surface area (Å²) in [5, 5.41) is 11.1. The highest BCUT2D eigenvalue weighted by molar-refractivity contribution is 5.10. The van der Waals surface area contributed by atoms with Gasteiger partial charge in [-0.05, 0) is 24.7 Å². The molecule has 2 unspecified atom stereocenters. The summed E-state index contributed by atoms with van der Waals surface area (Å²) in [5.41, 5.74) is 7.55. The van der Waals surface area contributed by atoms with Gasteiger partial charge in [0.1, 0.15) is 5.69 Å². The van der Waals surface area contributed by atoms with E-state index in [0.717, 1.165) is 18.5 Å². The minimum atomic E-state index is -0.337. The van der Waals surface area contributed by atoms with Gasteiger partial charge < -0.3 is 5.73 Å². The maximum absolute atomic E-state index is 6.94. The largest absolute Gasteiger partial charge is 0.320 e. The lowest BCUT2D eigenvalue weighted by molar-refractivity contribution is 0.227. The molecule has 23 heavy (non-hydrogen) atoms. The van der Waals surface area contributed by atoms with Gasteiger partial charge in [-0.3, -0.25) is 0 Å². The van der Waals surface area contributed by atoms with E-state index in [4.69, 9.17) is 5.73 Å². The fourth-order valence-electron chi connectivity index (χ4n) is 3.65. The Labute approximate surface area is 143 Å². The summed E-state index contributed by atoms with van der Waals surface area (Å²) in [6.45, 7) is 9.10. The van der Waals surface area contributed by atoms with Crippen LogP contribution in [0.5, 0.6) is 0 Å². The Morgan fingerprint density at radius 1 is 1.00 bits per heavy atom. The summed E-state index contributed by atoms with van der Waals surface area (Å²) in [6, 6.07) is 0. The van der Waals surface area contributed by atoms with Gasteiger partial charge in [0.15, 0.2) is 0 Å². The summed E-state index contributed by atoms with van der Waals surface area (Å²) < 4.78 is 0. The molecule has 0 spiro atoms. The zero-order valence-electron chi connectivity index (χ0n) is 15.8. The minimum Gasteiger partial charge on any atom is -0.320 e. The molecule has 0 aliphatic heterocycles. The van der Waals surface area contributed by atoms with Crippen molar-refractivity contribution in [3.05, 3.63) is 11.9 Å². The van der Waals surface area contributed by atoms with Crippen LogP contribution in [0.25, 0.3) is 0 Å². The maximum atomic E-state index is 6.94. The predicted octanol–water partition coefficient (Wildman–Crippen LogP) is 5.17. The molecule has 0 fully saturated rings. The van der Waals surface area contributed by atoms with Gasteiger partial charge >= 0.3 is 0 Å². The quantitative estimate of drug-likeness (QED) is 0.526. The van der Waals surface area contributed by atoms with Crippen molar-refractivity contribution < 1.29 is 0 Å². The molecule has 1 aromatic rings. The average molecular weight is 323 g/mol. The molecule has 2 atom stereocenters. The molecule has 4 nitrogen and oxygen atoms in total. The van der Waals surface area contributed by atoms with Crippen LogP contribution in [-0.2, 0) is 5.54 Å². The molecule has 0 saturated heterocycles. The molecule has 0 saturated carbocycles. The van der Waals surface area contributed by atoms with Crippen molar-refractivity contribution >= 4 is 0 Å². The molecule has 1 heterocycles. The average Bonchev–Trinajstić information content (AvgIpc) is 3.10. The van der Waals surface area contributed by atoms with E-state index < -0.39 is 0 Å². The van der Waals surface area contributed by atoms with Crippen LogP contribution in [-0.4, -0.2) is 15.4 Å². The Morgan fingerprint density at radius 2 is 1.52 bits per heavy atom. The van der Waals surface area contributed by atoms with Gasteiger partial charge in [0.25, 0.3) is 0 Å². The Hall–Kier alpha value is -0.900. The number of H-pyrrole nitrogens is 1. The smallest absolute Gasteiger partial charge is 0.102 e. The van der Waals surface area contributed by atoms with E-state index in [2.05, 4.69) is 43.1 Å². The molecular weight excluding hydrogens is 284 g/mol. The summed E-state index contributed by atoms with van der Waals surface area (Å²) in [6.07, 6.45) is 13.9. The fourth-order valence-corrected chi connectivity index (χ4v) is 3.65. The van der Waals surface area contributed by atoms with Crippen LogP contribution in [0.2, 0.25) is 0 Å². The molecule has 4 heteroatoms. The van der Waals surface area contributed by atoms with Gasteiger partial charge in [-0.15, -0.1) is 0 Å². The summed E-state index contributed by atoms with van der Waals surface area (Å²) in [4.78, 5) is 0. The van der Waals surface area contributed by atoms with Crippen LogP contribution in [0, 0.1) is 11.8 Å². The van der Waals surface area contributed by atoms with Gasteiger partial charge in [0, 0.05) is 0 Å². The number of hydrogen-bond acceptors (Lipinski definition) is 3. The summed E-state index contributed by atoms with van der Waals surface area (Å²) in [5.74, 6) is 1.36. The highest BCUT2D eigenvalue weighted by atomic mass is 15.3. The third-order valence-corrected chi connectivity index (χ3v) is 5.32. The number of unbranched alkanes of at least 4 members (excludes halogenated alkanes) is 2. The number of nitrogens with two attached hydrogens (primary N) is 1. The lowest BCUT2D eigenvalue weighted by atomic mass is 9.75. The number of aromatic amines is 1. The zero-order chi connectivity index (χ0) is 17.1. The van der Waals surface area contributed by atoms with Crippen molar-refractivity contribution in [3.8, 4) is 0 Å². The first-order chi connectivity index (χ1) is 11.1. The monoisotopic (exact) mass is 322 g/mol.